The van der Waals surface area contributed by atoms with Crippen molar-refractivity contribution in [2.75, 3.05) is 13.7 Å². The normalized spacial score (nSPS) is 12.5. The van der Waals surface area contributed by atoms with Crippen LogP contribution in [0.4, 0.5) is 0 Å². The summed E-state index contributed by atoms with van der Waals surface area (Å²) in [5.41, 5.74) is 1.77. The molecule has 3 aromatic carbocycles. The number of rotatable bonds is 8. The number of amides is 1. The van der Waals surface area contributed by atoms with Crippen LogP contribution in [0.25, 0.3) is 10.8 Å². The number of ether oxygens (including phenoxy) is 1. The summed E-state index contributed by atoms with van der Waals surface area (Å²) in [7, 11) is -2.39. The lowest BCUT2D eigenvalue weighted by Crippen LogP contribution is -2.45. The second kappa shape index (κ2) is 9.28. The van der Waals surface area contributed by atoms with Crippen molar-refractivity contribution in [1.29, 1.82) is 0 Å². The summed E-state index contributed by atoms with van der Waals surface area (Å²) < 4.78 is 34.6. The first-order valence-electron chi connectivity index (χ1n) is 9.73. The SMILES string of the molecule is COc1ccc2cccc(CCN(C(C)=O)S(=O)(=O)NC(C)c3ccccc3)c2c1. The van der Waals surface area contributed by atoms with E-state index in [9.17, 15) is 13.2 Å². The molecule has 0 heterocycles. The van der Waals surface area contributed by atoms with Crippen LogP contribution in [0.1, 0.15) is 31.0 Å². The van der Waals surface area contributed by atoms with E-state index in [2.05, 4.69) is 4.72 Å². The second-order valence-corrected chi connectivity index (χ2v) is 8.73. The molecule has 7 heteroatoms. The van der Waals surface area contributed by atoms with Gasteiger partial charge in [0.15, 0.2) is 0 Å². The van der Waals surface area contributed by atoms with Crippen LogP contribution in [0.2, 0.25) is 0 Å². The van der Waals surface area contributed by atoms with Crippen molar-refractivity contribution in [1.82, 2.24) is 9.03 Å². The number of nitrogens with zero attached hydrogens (tertiary/aromatic N) is 1. The van der Waals surface area contributed by atoms with E-state index in [1.54, 1.807) is 14.0 Å². The second-order valence-electron chi connectivity index (χ2n) is 7.10. The molecular weight excluding hydrogens is 400 g/mol. The van der Waals surface area contributed by atoms with Crippen LogP contribution in [0.3, 0.4) is 0 Å². The van der Waals surface area contributed by atoms with Gasteiger partial charge in [0, 0.05) is 19.5 Å². The lowest BCUT2D eigenvalue weighted by molar-refractivity contribution is -0.124. The van der Waals surface area contributed by atoms with Crippen molar-refractivity contribution >= 4 is 26.9 Å². The average molecular weight is 427 g/mol. The summed E-state index contributed by atoms with van der Waals surface area (Å²) in [6.45, 7) is 3.06. The molecule has 1 atom stereocenters. The molecule has 1 amide bonds. The van der Waals surface area contributed by atoms with Crippen molar-refractivity contribution < 1.29 is 17.9 Å². The zero-order valence-electron chi connectivity index (χ0n) is 17.3. The third kappa shape index (κ3) is 4.98. The molecule has 0 saturated heterocycles. The molecule has 1 N–H and O–H groups in total. The van der Waals surface area contributed by atoms with Gasteiger partial charge in [-0.1, -0.05) is 54.6 Å². The largest absolute Gasteiger partial charge is 0.497 e. The standard InChI is InChI=1S/C23H26N2O4S/c1-17(19-8-5-4-6-9-19)24-30(27,28)25(18(2)26)15-14-21-11-7-10-20-12-13-22(29-3)16-23(20)21/h4-13,16-17,24H,14-15H2,1-3H3. The molecule has 0 spiro atoms. The van der Waals surface area contributed by atoms with Crippen molar-refractivity contribution in [2.24, 2.45) is 0 Å². The summed E-state index contributed by atoms with van der Waals surface area (Å²) >= 11 is 0. The predicted molar refractivity (Wildman–Crippen MR) is 119 cm³/mol. The number of nitrogens with one attached hydrogen (secondary N) is 1. The van der Waals surface area contributed by atoms with Gasteiger partial charge in [0.25, 0.3) is 0 Å². The first-order chi connectivity index (χ1) is 14.3. The Hall–Kier alpha value is -2.90. The number of carbonyl (C=O) groups is 1. The van der Waals surface area contributed by atoms with E-state index in [1.807, 2.05) is 66.7 Å². The summed E-state index contributed by atoms with van der Waals surface area (Å²) in [5, 5.41) is 2.00. The molecule has 0 aromatic heterocycles. The first kappa shape index (κ1) is 21.8. The zero-order valence-corrected chi connectivity index (χ0v) is 18.1. The maximum Gasteiger partial charge on any atom is 0.304 e. The van der Waals surface area contributed by atoms with E-state index in [1.165, 1.54) is 6.92 Å². The highest BCUT2D eigenvalue weighted by Crippen LogP contribution is 2.25. The van der Waals surface area contributed by atoms with Gasteiger partial charge in [0.1, 0.15) is 5.75 Å². The van der Waals surface area contributed by atoms with E-state index >= 15 is 0 Å². The maximum atomic E-state index is 12.9. The summed E-state index contributed by atoms with van der Waals surface area (Å²) in [6.07, 6.45) is 0.394. The van der Waals surface area contributed by atoms with Gasteiger partial charge in [-0.3, -0.25) is 4.79 Å². The third-order valence-corrected chi connectivity index (χ3v) is 6.70. The van der Waals surface area contributed by atoms with Crippen molar-refractivity contribution in [2.45, 2.75) is 26.3 Å². The zero-order chi connectivity index (χ0) is 21.7. The summed E-state index contributed by atoms with van der Waals surface area (Å²) in [6, 6.07) is 20.4. The van der Waals surface area contributed by atoms with E-state index < -0.39 is 22.2 Å². The Bertz CT molecular complexity index is 1130. The number of fused-ring (bicyclic) bond motifs is 1. The Labute approximate surface area is 177 Å². The molecular formula is C23H26N2O4S. The monoisotopic (exact) mass is 426 g/mol. The molecule has 0 aliphatic carbocycles. The number of carbonyl (C=O) groups excluding carboxylic acids is 1. The van der Waals surface area contributed by atoms with Gasteiger partial charge in [0.05, 0.1) is 7.11 Å². The highest BCUT2D eigenvalue weighted by molar-refractivity contribution is 7.87. The van der Waals surface area contributed by atoms with Gasteiger partial charge in [0.2, 0.25) is 5.91 Å². The van der Waals surface area contributed by atoms with Crippen LogP contribution < -0.4 is 9.46 Å². The molecule has 3 aromatic rings. The highest BCUT2D eigenvalue weighted by atomic mass is 32.2. The van der Waals surface area contributed by atoms with Crippen molar-refractivity contribution in [3.8, 4) is 5.75 Å². The van der Waals surface area contributed by atoms with Gasteiger partial charge >= 0.3 is 10.2 Å². The van der Waals surface area contributed by atoms with E-state index in [-0.39, 0.29) is 6.54 Å². The minimum absolute atomic E-state index is 0.0441. The molecule has 0 fully saturated rings. The van der Waals surface area contributed by atoms with Gasteiger partial charge in [-0.25, -0.2) is 4.31 Å². The van der Waals surface area contributed by atoms with Crippen LogP contribution >= 0.6 is 0 Å². The minimum atomic E-state index is -4.00. The van der Waals surface area contributed by atoms with Crippen LogP contribution in [-0.4, -0.2) is 32.3 Å². The minimum Gasteiger partial charge on any atom is -0.497 e. The fraction of sp³-hybridized carbons (Fsp3) is 0.261. The number of benzene rings is 3. The summed E-state index contributed by atoms with van der Waals surface area (Å²) in [4.78, 5) is 12.2. The lowest BCUT2D eigenvalue weighted by atomic mass is 10.0. The number of hydrogen-bond donors (Lipinski definition) is 1. The Kier molecular flexibility index (Phi) is 6.74. The van der Waals surface area contributed by atoms with Crippen LogP contribution in [0.5, 0.6) is 5.75 Å². The molecule has 0 saturated carbocycles. The third-order valence-electron chi connectivity index (χ3n) is 5.03. The van der Waals surface area contributed by atoms with E-state index in [0.29, 0.717) is 6.42 Å². The fourth-order valence-corrected chi connectivity index (χ4v) is 4.81. The van der Waals surface area contributed by atoms with Crippen LogP contribution in [-0.2, 0) is 21.4 Å². The molecule has 0 bridgehead atoms. The van der Waals surface area contributed by atoms with Crippen LogP contribution in [0.15, 0.2) is 66.7 Å². The number of hydrogen-bond acceptors (Lipinski definition) is 4. The molecule has 6 nitrogen and oxygen atoms in total. The predicted octanol–water partition coefficient (Wildman–Crippen LogP) is 3.84. The lowest BCUT2D eigenvalue weighted by Gasteiger charge is -2.24. The fourth-order valence-electron chi connectivity index (χ4n) is 3.43. The Morgan fingerprint density at radius 2 is 1.80 bits per heavy atom. The smallest absolute Gasteiger partial charge is 0.304 e. The maximum absolute atomic E-state index is 12.9. The van der Waals surface area contributed by atoms with Gasteiger partial charge in [-0.15, -0.1) is 0 Å². The molecule has 1 unspecified atom stereocenters. The molecule has 158 valence electrons. The molecule has 0 aliphatic rings. The Morgan fingerprint density at radius 3 is 2.47 bits per heavy atom. The van der Waals surface area contributed by atoms with E-state index in [0.717, 1.165) is 32.0 Å². The number of methoxy groups -OCH3 is 1. The summed E-state index contributed by atoms with van der Waals surface area (Å²) in [5.74, 6) is 0.199. The van der Waals surface area contributed by atoms with E-state index in [4.69, 9.17) is 4.74 Å². The molecule has 0 aliphatic heterocycles. The van der Waals surface area contributed by atoms with Gasteiger partial charge < -0.3 is 4.74 Å². The van der Waals surface area contributed by atoms with Crippen molar-refractivity contribution in [3.05, 3.63) is 77.9 Å². The Balaban J connectivity index is 1.81. The molecule has 30 heavy (non-hydrogen) atoms. The molecule has 0 radical (unpaired) electrons. The van der Waals surface area contributed by atoms with Gasteiger partial charge in [-0.05, 0) is 47.4 Å². The average Bonchev–Trinajstić information content (AvgIpc) is 2.73. The molecule has 3 rings (SSSR count). The Morgan fingerprint density at radius 1 is 1.07 bits per heavy atom. The topological polar surface area (TPSA) is 75.7 Å². The highest BCUT2D eigenvalue weighted by Gasteiger charge is 2.26. The van der Waals surface area contributed by atoms with Crippen molar-refractivity contribution in [3.63, 3.8) is 0 Å². The van der Waals surface area contributed by atoms with Gasteiger partial charge in [-0.2, -0.15) is 13.1 Å². The van der Waals surface area contributed by atoms with Crippen LogP contribution in [0, 0.1) is 0 Å². The quantitative estimate of drug-likeness (QED) is 0.594. The first-order valence-corrected chi connectivity index (χ1v) is 11.2.